The number of pyridine rings is 1. The van der Waals surface area contributed by atoms with Crippen LogP contribution in [0.15, 0.2) is 83.9 Å². The normalized spacial score (nSPS) is 18.2. The molecular formula is C60H78Cl2FN11O9S2. The molecule has 4 aromatic heterocycles. The number of carbonyl (C=O) groups is 4. The van der Waals surface area contributed by atoms with Crippen LogP contribution in [0.5, 0.6) is 5.75 Å². The molecule has 25 heteroatoms. The fourth-order valence-electron chi connectivity index (χ4n) is 10.4. The Morgan fingerprint density at radius 2 is 1.66 bits per heavy atom. The van der Waals surface area contributed by atoms with Gasteiger partial charge in [0.1, 0.15) is 29.4 Å². The molecule has 460 valence electrons. The van der Waals surface area contributed by atoms with Gasteiger partial charge < -0.3 is 50.2 Å². The fourth-order valence-corrected chi connectivity index (χ4v) is 11.9. The van der Waals surface area contributed by atoms with Crippen LogP contribution in [-0.2, 0) is 59.5 Å². The number of thiazole rings is 2. The number of carbonyl (C=O) groups excluding carboxylic acids is 4. The van der Waals surface area contributed by atoms with E-state index in [-0.39, 0.29) is 79.4 Å². The summed E-state index contributed by atoms with van der Waals surface area (Å²) < 4.78 is 39.8. The number of aliphatic hydroxyl groups is 1. The van der Waals surface area contributed by atoms with Gasteiger partial charge >= 0.3 is 0 Å². The van der Waals surface area contributed by atoms with Crippen LogP contribution in [0.2, 0.25) is 5.02 Å². The summed E-state index contributed by atoms with van der Waals surface area (Å²) in [6.45, 7) is 11.7. The first-order chi connectivity index (χ1) is 40.5. The van der Waals surface area contributed by atoms with E-state index in [0.717, 1.165) is 32.5 Å². The van der Waals surface area contributed by atoms with E-state index >= 15 is 0 Å². The third-order valence-corrected chi connectivity index (χ3v) is 16.9. The SMILES string of the molecule is Cc1ncsc1-c1ccc(CNC(=O)[C@@H]2C[C@@H](O)CN2C(=O)[C@@H](NC(=O)CCCNCCn2cc(COCCOCCOCCCC(=O)C3(Cc4cccc(Nc5nccs5)n4)CCC(Oc4cccc(Cl)c4F)CC3)nn2)C(C)(C)C)cc1.Cl. The zero-order valence-corrected chi connectivity index (χ0v) is 51.8. The largest absolute Gasteiger partial charge is 0.487 e. The van der Waals surface area contributed by atoms with Gasteiger partial charge in [0.25, 0.3) is 0 Å². The number of nitrogens with one attached hydrogen (secondary N) is 4. The number of ketones is 1. The molecule has 3 amide bonds. The lowest BCUT2D eigenvalue weighted by molar-refractivity contribution is -0.144. The third kappa shape index (κ3) is 19.7. The Labute approximate surface area is 515 Å². The molecule has 5 N–H and O–H groups in total. The Morgan fingerprint density at radius 3 is 2.39 bits per heavy atom. The highest BCUT2D eigenvalue weighted by Crippen LogP contribution is 2.43. The summed E-state index contributed by atoms with van der Waals surface area (Å²) in [5, 5.41) is 34.1. The number of aromatic nitrogens is 6. The van der Waals surface area contributed by atoms with Gasteiger partial charge in [0, 0.05) is 74.6 Å². The highest BCUT2D eigenvalue weighted by Gasteiger charge is 2.45. The smallest absolute Gasteiger partial charge is 0.246 e. The summed E-state index contributed by atoms with van der Waals surface area (Å²) in [5.41, 5.74) is 4.89. The van der Waals surface area contributed by atoms with Crippen LogP contribution in [0.3, 0.4) is 0 Å². The third-order valence-electron chi connectivity index (χ3n) is 14.9. The van der Waals surface area contributed by atoms with Crippen LogP contribution < -0.4 is 26.0 Å². The average Bonchev–Trinajstić information content (AvgIpc) is 3.14. The maximum Gasteiger partial charge on any atom is 0.246 e. The Morgan fingerprint density at radius 1 is 0.906 bits per heavy atom. The highest BCUT2D eigenvalue weighted by molar-refractivity contribution is 7.13. The second-order valence-corrected chi connectivity index (χ2v) is 24.5. The van der Waals surface area contributed by atoms with Crippen LogP contribution in [0, 0.1) is 23.6 Å². The molecule has 1 aliphatic carbocycles. The number of ether oxygens (including phenoxy) is 4. The van der Waals surface area contributed by atoms with Gasteiger partial charge in [-0.1, -0.05) is 74.0 Å². The van der Waals surface area contributed by atoms with Gasteiger partial charge in [0.15, 0.2) is 16.7 Å². The predicted molar refractivity (Wildman–Crippen MR) is 327 cm³/mol. The lowest BCUT2D eigenvalue weighted by Gasteiger charge is -2.39. The van der Waals surface area contributed by atoms with Crippen molar-refractivity contribution < 1.29 is 47.6 Å². The fraction of sp³-hybridized carbons (Fsp3) is 0.517. The zero-order chi connectivity index (χ0) is 59.5. The molecule has 6 aromatic rings. The van der Waals surface area contributed by atoms with Crippen molar-refractivity contribution in [2.24, 2.45) is 10.8 Å². The van der Waals surface area contributed by atoms with E-state index in [0.29, 0.717) is 116 Å². The lowest BCUT2D eigenvalue weighted by Crippen LogP contribution is -2.57. The van der Waals surface area contributed by atoms with E-state index in [1.165, 1.54) is 22.3 Å². The Hall–Kier alpha value is -6.02. The van der Waals surface area contributed by atoms with Crippen molar-refractivity contribution in [1.29, 1.82) is 0 Å². The first-order valence-electron chi connectivity index (χ1n) is 28.7. The minimum atomic E-state index is -0.906. The quantitative estimate of drug-likeness (QED) is 0.0248. The molecule has 85 heavy (non-hydrogen) atoms. The molecule has 0 bridgehead atoms. The van der Waals surface area contributed by atoms with Gasteiger partial charge in [0.05, 0.1) is 79.1 Å². The van der Waals surface area contributed by atoms with Crippen molar-refractivity contribution in [3.63, 3.8) is 0 Å². The van der Waals surface area contributed by atoms with Crippen molar-refractivity contribution >= 4 is 81.1 Å². The molecule has 0 unspecified atom stereocenters. The minimum absolute atomic E-state index is 0. The van der Waals surface area contributed by atoms with E-state index in [4.69, 9.17) is 35.5 Å². The van der Waals surface area contributed by atoms with Gasteiger partial charge in [-0.2, -0.15) is 0 Å². The highest BCUT2D eigenvalue weighted by atomic mass is 35.5. The predicted octanol–water partition coefficient (Wildman–Crippen LogP) is 8.85. The second-order valence-electron chi connectivity index (χ2n) is 22.4. The molecule has 2 aliphatic rings. The van der Waals surface area contributed by atoms with E-state index in [1.54, 1.807) is 34.3 Å². The second kappa shape index (κ2) is 32.6. The number of hydrogen-bond acceptors (Lipinski definition) is 18. The molecule has 1 saturated carbocycles. The Bertz CT molecular complexity index is 3070. The summed E-state index contributed by atoms with van der Waals surface area (Å²) in [6.07, 6.45) is 6.94. The number of halogens is 3. The van der Waals surface area contributed by atoms with Crippen LogP contribution in [0.25, 0.3) is 10.4 Å². The molecule has 1 aliphatic heterocycles. The summed E-state index contributed by atoms with van der Waals surface area (Å²) in [4.78, 5) is 70.8. The number of nitrogens with zero attached hydrogens (tertiary/aromatic N) is 7. The molecule has 0 spiro atoms. The van der Waals surface area contributed by atoms with E-state index in [2.05, 4.69) is 41.5 Å². The maximum atomic E-state index is 14.7. The number of rotatable bonds is 32. The number of likely N-dealkylation sites (tertiary alicyclic amines) is 1. The standard InChI is InChI=1S/C60H77ClFN11O9S2.ClH/c1-40-54(84-39-66-40)42-17-15-41(16-18-42)35-65-56(77)48-33-45(74)37-73(48)57(78)55(59(2,3)4)69-52(76)14-7-23-63-24-26-72-36-44(70-71-72)38-81-31-30-80-29-28-79-27-8-12-50(75)60(34-43-9-5-13-51(67-43)68-58-64-25-32-83-58)21-19-46(20-22-60)82-49-11-6-10-47(61)53(49)62;/h5-6,9-11,13,15-18,25,32,36,39,45-46,48,55,63,74H,7-8,12,14,19-24,26-31,33-35,37-38H2,1-4H3,(H,65,77)(H,69,76)(H,64,67,68);1H/t45-,46?,48+,55-,60?;/m1./s1. The molecule has 3 atom stereocenters. The van der Waals surface area contributed by atoms with Crippen molar-refractivity contribution in [3.05, 3.63) is 117 Å². The number of aliphatic hydroxyl groups excluding tert-OH is 1. The van der Waals surface area contributed by atoms with E-state index in [1.807, 2.05) is 87.2 Å². The first-order valence-corrected chi connectivity index (χ1v) is 30.8. The van der Waals surface area contributed by atoms with Gasteiger partial charge in [-0.15, -0.1) is 40.2 Å². The van der Waals surface area contributed by atoms with E-state index in [9.17, 15) is 28.7 Å². The number of anilines is 2. The molecule has 2 aromatic carbocycles. The molecule has 2 fully saturated rings. The number of aryl methyl sites for hydroxylation is 1. The summed E-state index contributed by atoms with van der Waals surface area (Å²) >= 11 is 9.06. The molecule has 5 heterocycles. The zero-order valence-electron chi connectivity index (χ0n) is 48.6. The minimum Gasteiger partial charge on any atom is -0.487 e. The number of amides is 3. The number of β-amino-alcohol motifs (C(OH)–C–C–N with tert-alkyl or cyclic N) is 1. The Kier molecular flexibility index (Phi) is 25.5. The monoisotopic (exact) mass is 1250 g/mol. The van der Waals surface area contributed by atoms with Gasteiger partial charge in [-0.3, -0.25) is 23.9 Å². The van der Waals surface area contributed by atoms with Crippen LogP contribution in [-0.4, -0.2) is 140 Å². The number of hydrogen-bond donors (Lipinski definition) is 5. The molecule has 20 nitrogen and oxygen atoms in total. The maximum absolute atomic E-state index is 14.7. The number of Topliss-reactive ketones (excluding diaryl/α,β-unsaturated/α-hetero) is 1. The molecule has 0 radical (unpaired) electrons. The van der Waals surface area contributed by atoms with Crippen molar-refractivity contribution in [1.82, 2.24) is 50.8 Å². The molecular weight excluding hydrogens is 1170 g/mol. The average molecular weight is 1250 g/mol. The topological polar surface area (TPSA) is 246 Å². The van der Waals surface area contributed by atoms with Crippen molar-refractivity contribution in [3.8, 4) is 16.2 Å². The van der Waals surface area contributed by atoms with Gasteiger partial charge in [-0.25, -0.2) is 19.3 Å². The van der Waals surface area contributed by atoms with Gasteiger partial charge in [-0.05, 0) is 92.8 Å². The lowest BCUT2D eigenvalue weighted by atomic mass is 9.66. The first kappa shape index (κ1) is 66.5. The van der Waals surface area contributed by atoms with Crippen LogP contribution >= 0.6 is 46.7 Å². The van der Waals surface area contributed by atoms with Crippen LogP contribution in [0.4, 0.5) is 15.3 Å². The summed E-state index contributed by atoms with van der Waals surface area (Å²) in [7, 11) is 0. The Balaban J connectivity index is 0.0000104. The number of benzene rings is 2. The van der Waals surface area contributed by atoms with Gasteiger partial charge in [0.2, 0.25) is 17.7 Å². The molecule has 1 saturated heterocycles. The summed E-state index contributed by atoms with van der Waals surface area (Å²) in [6, 6.07) is 16.6. The molecule has 8 rings (SSSR count). The summed E-state index contributed by atoms with van der Waals surface area (Å²) in [5.74, 6) is -0.693. The van der Waals surface area contributed by atoms with E-state index < -0.39 is 40.7 Å². The van der Waals surface area contributed by atoms with Crippen LogP contribution in [0.1, 0.15) is 101 Å². The van der Waals surface area contributed by atoms with Crippen molar-refractivity contribution in [2.45, 2.75) is 136 Å². The van der Waals surface area contributed by atoms with Crippen molar-refractivity contribution in [2.75, 3.05) is 58.0 Å².